The van der Waals surface area contributed by atoms with E-state index in [4.69, 9.17) is 17.3 Å². The fourth-order valence-electron chi connectivity index (χ4n) is 2.12. The van der Waals surface area contributed by atoms with Crippen LogP contribution in [0.25, 0.3) is 0 Å². The monoisotopic (exact) mass is 324 g/mol. The van der Waals surface area contributed by atoms with Crippen LogP contribution in [0, 0.1) is 10.7 Å². The molecule has 1 heterocycles. The molecule has 120 valence electrons. The van der Waals surface area contributed by atoms with Crippen LogP contribution in [-0.2, 0) is 20.3 Å². The van der Waals surface area contributed by atoms with Crippen LogP contribution >= 0.6 is 12.2 Å². The van der Waals surface area contributed by atoms with Crippen LogP contribution in [0.2, 0.25) is 0 Å². The van der Waals surface area contributed by atoms with Crippen molar-refractivity contribution in [1.82, 2.24) is 19.2 Å². The van der Waals surface area contributed by atoms with Gasteiger partial charge in [-0.3, -0.25) is 4.90 Å². The largest absolute Gasteiger partial charge is 0.390 e. The third kappa shape index (κ3) is 4.79. The van der Waals surface area contributed by atoms with Gasteiger partial charge in [-0.2, -0.15) is 18.3 Å². The molecule has 0 spiro atoms. The lowest BCUT2D eigenvalue weighted by Crippen LogP contribution is -2.32. The van der Waals surface area contributed by atoms with Gasteiger partial charge in [0, 0.05) is 20.1 Å². The number of hydrogen-bond acceptors (Lipinski definition) is 4. The van der Waals surface area contributed by atoms with Crippen molar-refractivity contribution in [2.75, 3.05) is 13.1 Å². The molecule has 0 saturated heterocycles. The van der Waals surface area contributed by atoms with Crippen LogP contribution in [0.3, 0.4) is 0 Å². The van der Waals surface area contributed by atoms with Gasteiger partial charge in [-0.1, -0.05) is 0 Å². The lowest BCUT2D eigenvalue weighted by Gasteiger charge is -2.22. The van der Waals surface area contributed by atoms with Gasteiger partial charge in [0.25, 0.3) is 0 Å². The Morgan fingerprint density at radius 1 is 1.43 bits per heavy atom. The molecule has 0 aromatic carbocycles. The van der Waals surface area contributed by atoms with Crippen LogP contribution < -0.4 is 0 Å². The Balaban J connectivity index is 2.05. The Morgan fingerprint density at radius 2 is 2.10 bits per heavy atom. The highest BCUT2D eigenvalue weighted by atomic mass is 32.1. The molecule has 2 rings (SSSR count). The molecule has 9 heteroatoms. The zero-order valence-corrected chi connectivity index (χ0v) is 12.6. The molecule has 1 N–H and O–H groups in total. The zero-order chi connectivity index (χ0) is 15.6. The molecule has 1 saturated carbocycles. The number of hydrogen-bond donors (Lipinski definition) is 1. The molecule has 0 amide bonds. The molecule has 0 aliphatic heterocycles. The van der Waals surface area contributed by atoms with Crippen molar-refractivity contribution < 1.29 is 18.3 Å². The second-order valence-corrected chi connectivity index (χ2v) is 5.81. The van der Waals surface area contributed by atoms with Gasteiger partial charge in [-0.15, -0.1) is 0 Å². The first kappa shape index (κ1) is 16.4. The molecule has 0 radical (unpaired) electrons. The smallest absolute Gasteiger partial charge is 0.388 e. The van der Waals surface area contributed by atoms with Gasteiger partial charge in [0.2, 0.25) is 0 Å². The van der Waals surface area contributed by atoms with Crippen molar-refractivity contribution in [3.8, 4) is 0 Å². The normalized spacial score (nSPS) is 15.9. The molecule has 5 nitrogen and oxygen atoms in total. The lowest BCUT2D eigenvalue weighted by atomic mass is 10.3. The maximum atomic E-state index is 12.4. The van der Waals surface area contributed by atoms with Gasteiger partial charge in [-0.05, 0) is 31.0 Å². The quantitative estimate of drug-likeness (QED) is 0.780. The number of aromatic nitrogens is 3. The van der Waals surface area contributed by atoms with Crippen molar-refractivity contribution in [2.45, 2.75) is 38.7 Å². The predicted molar refractivity (Wildman–Crippen MR) is 72.9 cm³/mol. The summed E-state index contributed by atoms with van der Waals surface area (Å²) in [5.74, 6) is 0.885. The number of rotatable bonds is 7. The number of alkyl halides is 3. The van der Waals surface area contributed by atoms with Crippen molar-refractivity contribution in [1.29, 1.82) is 0 Å². The first-order valence-corrected chi connectivity index (χ1v) is 7.23. The summed E-state index contributed by atoms with van der Waals surface area (Å²) in [4.78, 5) is 1.73. The fraction of sp³-hybridized carbons (Fsp3) is 0.833. The first-order chi connectivity index (χ1) is 9.80. The summed E-state index contributed by atoms with van der Waals surface area (Å²) < 4.78 is 40.6. The van der Waals surface area contributed by atoms with Crippen LogP contribution in [-0.4, -0.2) is 43.6 Å². The SMILES string of the molecule is Cn1c(CO)nn(CN(CCC(F)(F)F)CC2CC2)c1=S. The maximum Gasteiger partial charge on any atom is 0.390 e. The van der Waals surface area contributed by atoms with Gasteiger partial charge >= 0.3 is 6.18 Å². The van der Waals surface area contributed by atoms with E-state index in [9.17, 15) is 13.2 Å². The summed E-state index contributed by atoms with van der Waals surface area (Å²) in [7, 11) is 1.68. The van der Waals surface area contributed by atoms with Crippen molar-refractivity contribution in [2.24, 2.45) is 13.0 Å². The van der Waals surface area contributed by atoms with Crippen LogP contribution in [0.4, 0.5) is 13.2 Å². The maximum absolute atomic E-state index is 12.4. The van der Waals surface area contributed by atoms with E-state index in [0.29, 0.717) is 23.1 Å². The molecule has 1 aliphatic rings. The van der Waals surface area contributed by atoms with E-state index in [-0.39, 0.29) is 19.8 Å². The summed E-state index contributed by atoms with van der Waals surface area (Å²) in [5, 5.41) is 13.3. The van der Waals surface area contributed by atoms with E-state index < -0.39 is 12.6 Å². The van der Waals surface area contributed by atoms with Crippen molar-refractivity contribution in [3.05, 3.63) is 10.6 Å². The zero-order valence-electron chi connectivity index (χ0n) is 11.8. The van der Waals surface area contributed by atoms with E-state index >= 15 is 0 Å². The molecular weight excluding hydrogens is 305 g/mol. The average molecular weight is 324 g/mol. The minimum atomic E-state index is -4.16. The molecule has 0 unspecified atom stereocenters. The summed E-state index contributed by atoms with van der Waals surface area (Å²) in [5.41, 5.74) is 0. The molecule has 21 heavy (non-hydrogen) atoms. The minimum absolute atomic E-state index is 0.0627. The summed E-state index contributed by atoms with van der Waals surface area (Å²) in [6.45, 7) is 0.535. The Hall–Kier alpha value is -0.930. The number of halogens is 3. The number of nitrogens with zero attached hydrogens (tertiary/aromatic N) is 4. The number of aliphatic hydroxyl groups excluding tert-OH is 1. The highest BCUT2D eigenvalue weighted by Crippen LogP contribution is 2.30. The third-order valence-corrected chi connectivity index (χ3v) is 4.02. The Morgan fingerprint density at radius 3 is 2.57 bits per heavy atom. The van der Waals surface area contributed by atoms with Gasteiger partial charge in [0.15, 0.2) is 10.6 Å². The summed E-state index contributed by atoms with van der Waals surface area (Å²) in [6, 6.07) is 0. The first-order valence-electron chi connectivity index (χ1n) is 6.83. The molecule has 1 aliphatic carbocycles. The standard InChI is InChI=1S/C12H19F3N4OS/c1-17-10(7-20)16-19(11(17)21)8-18(6-9-2-3-9)5-4-12(13,14)15/h9,20H,2-8H2,1H3. The molecular formula is C12H19F3N4OS. The minimum Gasteiger partial charge on any atom is -0.388 e. The van der Waals surface area contributed by atoms with E-state index in [2.05, 4.69) is 5.10 Å². The van der Waals surface area contributed by atoms with E-state index in [1.165, 1.54) is 4.68 Å². The summed E-state index contributed by atoms with van der Waals surface area (Å²) in [6.07, 6.45) is -2.87. The Kier molecular flexibility index (Phi) is 5.05. The highest BCUT2D eigenvalue weighted by Gasteiger charge is 2.30. The Labute approximate surface area is 126 Å². The predicted octanol–water partition coefficient (Wildman–Crippen LogP) is 2.07. The van der Waals surface area contributed by atoms with E-state index in [0.717, 1.165) is 12.8 Å². The van der Waals surface area contributed by atoms with Crippen LogP contribution in [0.1, 0.15) is 25.1 Å². The van der Waals surface area contributed by atoms with Crippen molar-refractivity contribution in [3.63, 3.8) is 0 Å². The molecule has 1 aromatic heterocycles. The summed E-state index contributed by atoms with van der Waals surface area (Å²) >= 11 is 5.19. The van der Waals surface area contributed by atoms with E-state index in [1.54, 1.807) is 16.5 Å². The molecule has 0 bridgehead atoms. The molecule has 1 fully saturated rings. The van der Waals surface area contributed by atoms with Gasteiger partial charge in [0.05, 0.1) is 13.1 Å². The van der Waals surface area contributed by atoms with Gasteiger partial charge < -0.3 is 9.67 Å². The van der Waals surface area contributed by atoms with E-state index in [1.807, 2.05) is 0 Å². The Bertz CT molecular complexity index is 536. The van der Waals surface area contributed by atoms with Crippen LogP contribution in [0.15, 0.2) is 0 Å². The third-order valence-electron chi connectivity index (χ3n) is 3.53. The second kappa shape index (κ2) is 6.45. The van der Waals surface area contributed by atoms with Crippen LogP contribution in [0.5, 0.6) is 0 Å². The highest BCUT2D eigenvalue weighted by molar-refractivity contribution is 7.71. The van der Waals surface area contributed by atoms with Gasteiger partial charge in [-0.25, -0.2) is 4.68 Å². The molecule has 0 atom stereocenters. The lowest BCUT2D eigenvalue weighted by molar-refractivity contribution is -0.139. The average Bonchev–Trinajstić information content (AvgIpc) is 3.17. The molecule has 1 aromatic rings. The second-order valence-electron chi connectivity index (χ2n) is 5.44. The fourth-order valence-corrected chi connectivity index (χ4v) is 2.33. The van der Waals surface area contributed by atoms with Crippen molar-refractivity contribution >= 4 is 12.2 Å². The van der Waals surface area contributed by atoms with Gasteiger partial charge in [0.1, 0.15) is 6.61 Å². The number of aliphatic hydroxyl groups is 1. The topological polar surface area (TPSA) is 46.2 Å².